The van der Waals surface area contributed by atoms with Crippen molar-refractivity contribution in [3.05, 3.63) is 83.6 Å². The SMILES string of the molecule is Cc1c(CC(C)(C)C)ccc2c1oc1c2cc[c-][n+]1-c1cc(C(C)(C)C)c2ccccc2c1. The van der Waals surface area contributed by atoms with E-state index in [1.54, 1.807) is 0 Å². The standard InChI is InChI=1S/C31H33NO/c1-20-22(19-30(2,3)4)14-15-25-26-13-10-16-32(29(26)33-28(20)25)23-17-21-11-8-9-12-24(21)27(18-23)31(5,6)7/h8-15,17-18H,19H2,1-7H3. The Balaban J connectivity index is 1.78. The van der Waals surface area contributed by atoms with Gasteiger partial charge in [0.25, 0.3) is 5.71 Å². The predicted molar refractivity (Wildman–Crippen MR) is 138 cm³/mol. The van der Waals surface area contributed by atoms with E-state index in [1.165, 1.54) is 32.8 Å². The number of aryl methyl sites for hydroxylation is 1. The van der Waals surface area contributed by atoms with Crippen LogP contribution < -0.4 is 4.57 Å². The molecule has 0 bridgehead atoms. The first-order valence-corrected chi connectivity index (χ1v) is 11.8. The van der Waals surface area contributed by atoms with Crippen molar-refractivity contribution < 1.29 is 8.98 Å². The lowest BCUT2D eigenvalue weighted by atomic mass is 9.83. The van der Waals surface area contributed by atoms with Crippen molar-refractivity contribution in [3.63, 3.8) is 0 Å². The first-order chi connectivity index (χ1) is 15.5. The zero-order valence-corrected chi connectivity index (χ0v) is 20.8. The molecule has 0 radical (unpaired) electrons. The first kappa shape index (κ1) is 21.7. The lowest BCUT2D eigenvalue weighted by molar-refractivity contribution is -0.579. The molecule has 2 nitrogen and oxygen atoms in total. The van der Waals surface area contributed by atoms with Crippen LogP contribution in [0.15, 0.2) is 65.1 Å². The third kappa shape index (κ3) is 3.82. The molecule has 0 N–H and O–H groups in total. The van der Waals surface area contributed by atoms with Gasteiger partial charge >= 0.3 is 0 Å². The summed E-state index contributed by atoms with van der Waals surface area (Å²) in [6.07, 6.45) is 4.45. The van der Waals surface area contributed by atoms with Crippen LogP contribution in [0.4, 0.5) is 0 Å². The molecule has 3 aromatic carbocycles. The minimum Gasteiger partial charge on any atom is -0.448 e. The van der Waals surface area contributed by atoms with Gasteiger partial charge in [-0.15, -0.1) is 6.07 Å². The highest BCUT2D eigenvalue weighted by molar-refractivity contribution is 6.04. The second-order valence-electron chi connectivity index (χ2n) is 11.5. The van der Waals surface area contributed by atoms with Gasteiger partial charge in [0.1, 0.15) is 11.3 Å². The quantitative estimate of drug-likeness (QED) is 0.203. The molecule has 0 unspecified atom stereocenters. The van der Waals surface area contributed by atoms with Crippen LogP contribution in [-0.2, 0) is 11.8 Å². The fraction of sp³-hybridized carbons (Fsp3) is 0.323. The molecule has 2 heteroatoms. The Hall–Kier alpha value is -3.13. The molecule has 0 atom stereocenters. The lowest BCUT2D eigenvalue weighted by Crippen LogP contribution is -2.31. The smallest absolute Gasteiger partial charge is 0.296 e. The lowest BCUT2D eigenvalue weighted by Gasteiger charge is -2.22. The Morgan fingerprint density at radius 2 is 1.61 bits per heavy atom. The molecule has 2 heterocycles. The Bertz CT molecular complexity index is 1510. The van der Waals surface area contributed by atoms with Crippen molar-refractivity contribution in [2.45, 2.75) is 60.3 Å². The maximum absolute atomic E-state index is 6.59. The van der Waals surface area contributed by atoms with E-state index in [-0.39, 0.29) is 10.8 Å². The van der Waals surface area contributed by atoms with Gasteiger partial charge in [0.2, 0.25) is 0 Å². The number of pyridine rings is 1. The molecule has 0 fully saturated rings. The average Bonchev–Trinajstić information content (AvgIpc) is 3.13. The van der Waals surface area contributed by atoms with E-state index in [0.717, 1.165) is 28.8 Å². The van der Waals surface area contributed by atoms with Crippen molar-refractivity contribution in [2.24, 2.45) is 5.41 Å². The van der Waals surface area contributed by atoms with E-state index < -0.39 is 0 Å². The van der Waals surface area contributed by atoms with Crippen LogP contribution in [0, 0.1) is 18.5 Å². The van der Waals surface area contributed by atoms with Crippen LogP contribution in [0.5, 0.6) is 0 Å². The fourth-order valence-electron chi connectivity index (χ4n) is 4.92. The van der Waals surface area contributed by atoms with Gasteiger partial charge in [-0.3, -0.25) is 0 Å². The molecule has 5 aromatic rings. The number of fused-ring (bicyclic) bond motifs is 4. The molecule has 0 saturated heterocycles. The van der Waals surface area contributed by atoms with Crippen molar-refractivity contribution >= 4 is 32.8 Å². The molecule has 2 aromatic heterocycles. The highest BCUT2D eigenvalue weighted by Crippen LogP contribution is 2.35. The third-order valence-electron chi connectivity index (χ3n) is 6.53. The summed E-state index contributed by atoms with van der Waals surface area (Å²) in [4.78, 5) is 0. The summed E-state index contributed by atoms with van der Waals surface area (Å²) in [7, 11) is 0. The van der Waals surface area contributed by atoms with Gasteiger partial charge in [-0.2, -0.15) is 0 Å². The molecule has 0 aliphatic heterocycles. The summed E-state index contributed by atoms with van der Waals surface area (Å²) in [6, 6.07) is 21.8. The van der Waals surface area contributed by atoms with Gasteiger partial charge in [-0.25, -0.2) is 4.57 Å². The summed E-state index contributed by atoms with van der Waals surface area (Å²) in [6.45, 7) is 15.9. The summed E-state index contributed by atoms with van der Waals surface area (Å²) in [5, 5.41) is 4.82. The number of hydrogen-bond donors (Lipinski definition) is 0. The minimum atomic E-state index is 0.0242. The van der Waals surface area contributed by atoms with Crippen LogP contribution in [0.1, 0.15) is 58.2 Å². The first-order valence-electron chi connectivity index (χ1n) is 11.8. The Morgan fingerprint density at radius 1 is 0.848 bits per heavy atom. The Kier molecular flexibility index (Phi) is 4.90. The fourth-order valence-corrected chi connectivity index (χ4v) is 4.92. The molecule has 168 valence electrons. The van der Waals surface area contributed by atoms with Gasteiger partial charge in [-0.1, -0.05) is 84.0 Å². The zero-order valence-electron chi connectivity index (χ0n) is 20.8. The zero-order chi connectivity index (χ0) is 23.5. The molecule has 0 saturated carbocycles. The molecular weight excluding hydrogens is 402 g/mol. The van der Waals surface area contributed by atoms with Crippen LogP contribution in [0.25, 0.3) is 38.5 Å². The second kappa shape index (κ2) is 7.45. The van der Waals surface area contributed by atoms with E-state index >= 15 is 0 Å². The van der Waals surface area contributed by atoms with E-state index in [2.05, 4.69) is 114 Å². The topological polar surface area (TPSA) is 17.0 Å². The van der Waals surface area contributed by atoms with Crippen LogP contribution in [0.3, 0.4) is 0 Å². The van der Waals surface area contributed by atoms with Crippen LogP contribution in [0.2, 0.25) is 0 Å². The number of nitrogens with zero attached hydrogens (tertiary/aromatic N) is 1. The molecule has 0 amide bonds. The van der Waals surface area contributed by atoms with Gasteiger partial charge in [0, 0.05) is 10.8 Å². The predicted octanol–water partition coefficient (Wildman–Crippen LogP) is 8.01. The number of rotatable bonds is 2. The molecule has 5 rings (SSSR count). The number of aromatic nitrogens is 1. The molecule has 0 aliphatic rings. The summed E-state index contributed by atoms with van der Waals surface area (Å²) < 4.78 is 8.68. The monoisotopic (exact) mass is 435 g/mol. The highest BCUT2D eigenvalue weighted by Gasteiger charge is 2.22. The minimum absolute atomic E-state index is 0.0242. The van der Waals surface area contributed by atoms with Gasteiger partial charge in [-0.05, 0) is 63.8 Å². The largest absolute Gasteiger partial charge is 0.448 e. The normalized spacial score (nSPS) is 12.8. The van der Waals surface area contributed by atoms with E-state index in [4.69, 9.17) is 4.42 Å². The molecule has 33 heavy (non-hydrogen) atoms. The number of hydrogen-bond acceptors (Lipinski definition) is 1. The Labute approximate surface area is 196 Å². The van der Waals surface area contributed by atoms with Crippen molar-refractivity contribution in [1.29, 1.82) is 0 Å². The van der Waals surface area contributed by atoms with E-state index in [9.17, 15) is 0 Å². The van der Waals surface area contributed by atoms with Gasteiger partial charge in [0.15, 0.2) is 6.20 Å². The molecular formula is C31H33NO. The average molecular weight is 436 g/mol. The molecule has 0 aliphatic carbocycles. The summed E-state index contributed by atoms with van der Waals surface area (Å²) in [5.41, 5.74) is 7.08. The number of benzene rings is 3. The van der Waals surface area contributed by atoms with Crippen LogP contribution in [-0.4, -0.2) is 0 Å². The van der Waals surface area contributed by atoms with Crippen molar-refractivity contribution in [3.8, 4) is 5.69 Å². The highest BCUT2D eigenvalue weighted by atomic mass is 16.3. The summed E-state index contributed by atoms with van der Waals surface area (Å²) in [5.74, 6) is 0. The Morgan fingerprint density at radius 3 is 2.33 bits per heavy atom. The summed E-state index contributed by atoms with van der Waals surface area (Å²) >= 11 is 0. The second-order valence-corrected chi connectivity index (χ2v) is 11.5. The maximum atomic E-state index is 6.59. The van der Waals surface area contributed by atoms with Crippen molar-refractivity contribution in [1.82, 2.24) is 0 Å². The third-order valence-corrected chi connectivity index (χ3v) is 6.53. The van der Waals surface area contributed by atoms with E-state index in [1.807, 2.05) is 6.07 Å². The van der Waals surface area contributed by atoms with Crippen molar-refractivity contribution in [2.75, 3.05) is 0 Å². The van der Waals surface area contributed by atoms with E-state index in [0.29, 0.717) is 0 Å². The van der Waals surface area contributed by atoms with Crippen LogP contribution >= 0.6 is 0 Å². The molecule has 0 spiro atoms. The van der Waals surface area contributed by atoms with Gasteiger partial charge < -0.3 is 4.42 Å². The maximum Gasteiger partial charge on any atom is 0.296 e. The number of furan rings is 1. The van der Waals surface area contributed by atoms with Gasteiger partial charge in [0.05, 0.1) is 0 Å².